The highest BCUT2D eigenvalue weighted by Crippen LogP contribution is 2.20. The Balaban J connectivity index is 3.01. The molecule has 0 bridgehead atoms. The maximum absolute atomic E-state index is 12.5. The Morgan fingerprint density at radius 3 is 2.55 bits per heavy atom. The summed E-state index contributed by atoms with van der Waals surface area (Å²) >= 11 is 0. The zero-order valence-electron chi connectivity index (χ0n) is 6.04. The van der Waals surface area contributed by atoms with Crippen LogP contribution >= 0.6 is 0 Å². The Kier molecular flexibility index (Phi) is 2.13. The molecule has 0 unspecified atom stereocenters. The monoisotopic (exact) mass is 175 g/mol. The summed E-state index contributed by atoms with van der Waals surface area (Å²) < 4.78 is 34.1. The standard InChI is InChI=1S/C7H8FO2S/c1-11(9,10)7-4-2-3-6(8)5-7/h3-5H,2H2,1H3. The molecule has 4 heteroatoms. The van der Waals surface area contributed by atoms with Gasteiger partial charge in [-0.2, -0.15) is 0 Å². The van der Waals surface area contributed by atoms with Gasteiger partial charge >= 0.3 is 0 Å². The molecule has 2 nitrogen and oxygen atoms in total. The maximum atomic E-state index is 12.5. The Morgan fingerprint density at radius 2 is 2.18 bits per heavy atom. The van der Waals surface area contributed by atoms with Crippen molar-refractivity contribution in [1.82, 2.24) is 0 Å². The van der Waals surface area contributed by atoms with E-state index in [1.807, 2.05) is 0 Å². The van der Waals surface area contributed by atoms with Crippen LogP contribution in [0.1, 0.15) is 6.42 Å². The molecule has 0 aromatic rings. The van der Waals surface area contributed by atoms with Crippen LogP contribution in [-0.4, -0.2) is 14.7 Å². The second kappa shape index (κ2) is 2.77. The average molecular weight is 175 g/mol. The predicted octanol–water partition coefficient (Wildman–Crippen LogP) is 1.38. The molecule has 1 aliphatic carbocycles. The highest BCUT2D eigenvalue weighted by molar-refractivity contribution is 7.94. The van der Waals surface area contributed by atoms with Gasteiger partial charge in [0.2, 0.25) is 0 Å². The van der Waals surface area contributed by atoms with E-state index < -0.39 is 15.7 Å². The van der Waals surface area contributed by atoms with Crippen molar-refractivity contribution in [2.24, 2.45) is 0 Å². The van der Waals surface area contributed by atoms with Gasteiger partial charge in [-0.15, -0.1) is 0 Å². The molecule has 0 fully saturated rings. The molecule has 0 saturated carbocycles. The van der Waals surface area contributed by atoms with Crippen molar-refractivity contribution in [3.8, 4) is 0 Å². The van der Waals surface area contributed by atoms with Gasteiger partial charge in [0, 0.05) is 12.7 Å². The first kappa shape index (κ1) is 8.46. The zero-order chi connectivity index (χ0) is 8.48. The molecule has 0 aliphatic heterocycles. The van der Waals surface area contributed by atoms with Crippen molar-refractivity contribution in [3.05, 3.63) is 29.3 Å². The highest BCUT2D eigenvalue weighted by atomic mass is 32.2. The number of halogens is 1. The fraction of sp³-hybridized carbons (Fsp3) is 0.286. The molecule has 0 saturated heterocycles. The van der Waals surface area contributed by atoms with Gasteiger partial charge in [-0.3, -0.25) is 0 Å². The van der Waals surface area contributed by atoms with Crippen molar-refractivity contribution in [2.75, 3.05) is 6.26 Å². The van der Waals surface area contributed by atoms with Crippen LogP contribution in [0, 0.1) is 6.42 Å². The minimum atomic E-state index is -3.23. The third-order valence-electron chi connectivity index (χ3n) is 1.34. The second-order valence-corrected chi connectivity index (χ2v) is 4.36. The molecule has 0 aromatic carbocycles. The summed E-state index contributed by atoms with van der Waals surface area (Å²) in [6.45, 7) is 0. The highest BCUT2D eigenvalue weighted by Gasteiger charge is 2.13. The number of sulfone groups is 1. The minimum Gasteiger partial charge on any atom is -0.224 e. The van der Waals surface area contributed by atoms with E-state index in [9.17, 15) is 12.8 Å². The fourth-order valence-corrected chi connectivity index (χ4v) is 1.53. The number of allylic oxidation sites excluding steroid dienone is 3. The largest absolute Gasteiger partial charge is 0.224 e. The van der Waals surface area contributed by atoms with Gasteiger partial charge < -0.3 is 0 Å². The minimum absolute atomic E-state index is 0.0671. The zero-order valence-corrected chi connectivity index (χ0v) is 6.86. The van der Waals surface area contributed by atoms with Gasteiger partial charge in [-0.25, -0.2) is 12.8 Å². The van der Waals surface area contributed by atoms with E-state index in [1.54, 1.807) is 0 Å². The summed E-state index contributed by atoms with van der Waals surface area (Å²) in [6.07, 6.45) is 5.25. The summed E-state index contributed by atoms with van der Waals surface area (Å²) in [5.41, 5.74) is 0. The van der Waals surface area contributed by atoms with Crippen LogP contribution in [0.4, 0.5) is 4.39 Å². The smallest absolute Gasteiger partial charge is 0.175 e. The van der Waals surface area contributed by atoms with Crippen LogP contribution in [0.2, 0.25) is 0 Å². The average Bonchev–Trinajstić information content (AvgIpc) is 1.86. The first-order valence-corrected chi connectivity index (χ1v) is 5.00. The fourth-order valence-electron chi connectivity index (χ4n) is 0.800. The van der Waals surface area contributed by atoms with Gasteiger partial charge in [-0.05, 0) is 12.5 Å². The molecule has 0 aromatic heterocycles. The van der Waals surface area contributed by atoms with Crippen molar-refractivity contribution in [2.45, 2.75) is 6.42 Å². The van der Waals surface area contributed by atoms with Gasteiger partial charge in [0.1, 0.15) is 5.83 Å². The summed E-state index contributed by atoms with van der Waals surface area (Å²) in [7, 11) is -3.23. The Labute approximate surface area is 65.3 Å². The Bertz CT molecular complexity index is 311. The van der Waals surface area contributed by atoms with Gasteiger partial charge in [-0.1, -0.05) is 6.08 Å². The van der Waals surface area contributed by atoms with E-state index >= 15 is 0 Å². The quantitative estimate of drug-likeness (QED) is 0.603. The summed E-state index contributed by atoms with van der Waals surface area (Å²) in [5.74, 6) is -0.479. The van der Waals surface area contributed by atoms with Crippen molar-refractivity contribution >= 4 is 9.84 Å². The first-order chi connectivity index (χ1) is 5.00. The van der Waals surface area contributed by atoms with E-state index in [0.29, 0.717) is 6.42 Å². The maximum Gasteiger partial charge on any atom is 0.175 e. The molecule has 0 spiro atoms. The van der Waals surface area contributed by atoms with Crippen LogP contribution < -0.4 is 0 Å². The molecule has 0 heterocycles. The van der Waals surface area contributed by atoms with E-state index in [-0.39, 0.29) is 4.91 Å². The molecule has 0 amide bonds. The predicted molar refractivity (Wildman–Crippen MR) is 41.0 cm³/mol. The van der Waals surface area contributed by atoms with Crippen molar-refractivity contribution in [3.63, 3.8) is 0 Å². The van der Waals surface area contributed by atoms with E-state index in [4.69, 9.17) is 0 Å². The molecule has 0 N–H and O–H groups in total. The van der Waals surface area contributed by atoms with Crippen LogP contribution in [0.15, 0.2) is 22.9 Å². The third kappa shape index (κ3) is 2.15. The van der Waals surface area contributed by atoms with Crippen LogP contribution in [0.5, 0.6) is 0 Å². The summed E-state index contributed by atoms with van der Waals surface area (Å²) in [5, 5.41) is 0. The lowest BCUT2D eigenvalue weighted by Crippen LogP contribution is -2.01. The van der Waals surface area contributed by atoms with Crippen LogP contribution in [0.25, 0.3) is 0 Å². The lowest BCUT2D eigenvalue weighted by atomic mass is 10.2. The van der Waals surface area contributed by atoms with E-state index in [1.165, 1.54) is 12.5 Å². The van der Waals surface area contributed by atoms with Crippen molar-refractivity contribution in [1.29, 1.82) is 0 Å². The third-order valence-corrected chi connectivity index (χ3v) is 2.48. The molecule has 1 rings (SSSR count). The number of rotatable bonds is 1. The van der Waals surface area contributed by atoms with Crippen LogP contribution in [0.3, 0.4) is 0 Å². The van der Waals surface area contributed by atoms with Gasteiger partial charge in [0.25, 0.3) is 0 Å². The molecule has 61 valence electrons. The normalized spacial score (nSPS) is 19.1. The molecule has 1 aliphatic rings. The molecule has 1 radical (unpaired) electrons. The van der Waals surface area contributed by atoms with E-state index in [0.717, 1.165) is 12.3 Å². The van der Waals surface area contributed by atoms with E-state index in [2.05, 4.69) is 0 Å². The molecular formula is C7H8FO2S. The Hall–Kier alpha value is -0.640. The molecule has 11 heavy (non-hydrogen) atoms. The van der Waals surface area contributed by atoms with Gasteiger partial charge in [0.15, 0.2) is 9.84 Å². The molecule has 0 atom stereocenters. The lowest BCUT2D eigenvalue weighted by molar-refractivity contribution is 0.605. The van der Waals surface area contributed by atoms with Gasteiger partial charge in [0.05, 0.1) is 4.91 Å². The molecular weight excluding hydrogens is 167 g/mol. The second-order valence-electron chi connectivity index (χ2n) is 2.35. The first-order valence-electron chi connectivity index (χ1n) is 3.11. The Morgan fingerprint density at radius 1 is 1.55 bits per heavy atom. The summed E-state index contributed by atoms with van der Waals surface area (Å²) in [6, 6.07) is 0. The summed E-state index contributed by atoms with van der Waals surface area (Å²) in [4.78, 5) is 0.0671. The topological polar surface area (TPSA) is 34.1 Å². The van der Waals surface area contributed by atoms with Crippen LogP contribution in [-0.2, 0) is 9.84 Å². The SMILES string of the molecule is CS(=O)(=O)C1=CC[CH]C(F)=C1. The van der Waals surface area contributed by atoms with Crippen molar-refractivity contribution < 1.29 is 12.8 Å². The lowest BCUT2D eigenvalue weighted by Gasteiger charge is -2.04. The number of hydrogen-bond donors (Lipinski definition) is 0. The number of hydrogen-bond acceptors (Lipinski definition) is 2.